The molecule has 2 heteroatoms. The molecular weight excluding hydrogens is 316 g/mol. The van der Waals surface area contributed by atoms with E-state index in [1.54, 1.807) is 0 Å². The fraction of sp³-hybridized carbons (Fsp3) is 0.250. The number of hydrogen-bond donors (Lipinski definition) is 0. The van der Waals surface area contributed by atoms with E-state index in [0.29, 0.717) is 0 Å². The molecular formula is C24H26N2. The first-order chi connectivity index (χ1) is 12.5. The second kappa shape index (κ2) is 6.21. The van der Waals surface area contributed by atoms with E-state index in [2.05, 4.69) is 116 Å². The third kappa shape index (κ3) is 2.66. The largest absolute Gasteiger partial charge is 0.319 e. The fourth-order valence-electron chi connectivity index (χ4n) is 3.98. The van der Waals surface area contributed by atoms with Crippen LogP contribution in [0.2, 0.25) is 0 Å². The van der Waals surface area contributed by atoms with Crippen molar-refractivity contribution >= 4 is 22.7 Å². The molecule has 1 heterocycles. The Morgan fingerprint density at radius 2 is 1.12 bits per heavy atom. The van der Waals surface area contributed by atoms with Gasteiger partial charge in [0.15, 0.2) is 0 Å². The van der Waals surface area contributed by atoms with Crippen LogP contribution in [-0.2, 0) is 5.41 Å². The molecule has 1 aliphatic rings. The van der Waals surface area contributed by atoms with Crippen molar-refractivity contribution in [2.45, 2.75) is 39.3 Å². The molecule has 3 aromatic carbocycles. The van der Waals surface area contributed by atoms with E-state index < -0.39 is 0 Å². The average molecular weight is 342 g/mol. The number of anilines is 4. The van der Waals surface area contributed by atoms with Gasteiger partial charge in [0.05, 0.1) is 11.4 Å². The fourth-order valence-corrected chi connectivity index (χ4v) is 3.98. The second-order valence-electron chi connectivity index (χ2n) is 7.96. The van der Waals surface area contributed by atoms with E-state index in [4.69, 9.17) is 0 Å². The van der Waals surface area contributed by atoms with Gasteiger partial charge in [-0.15, -0.1) is 0 Å². The molecule has 0 saturated carbocycles. The number of nitrogens with zero attached hydrogens (tertiary/aromatic N) is 2. The molecule has 0 N–H and O–H groups in total. The van der Waals surface area contributed by atoms with Crippen LogP contribution in [0.4, 0.5) is 22.7 Å². The van der Waals surface area contributed by atoms with Crippen molar-refractivity contribution in [2.75, 3.05) is 9.80 Å². The van der Waals surface area contributed by atoms with Gasteiger partial charge >= 0.3 is 0 Å². The number of para-hydroxylation sites is 4. The van der Waals surface area contributed by atoms with Crippen molar-refractivity contribution in [2.24, 2.45) is 0 Å². The third-order valence-corrected chi connectivity index (χ3v) is 5.15. The Morgan fingerprint density at radius 1 is 0.615 bits per heavy atom. The molecule has 0 aliphatic carbocycles. The third-order valence-electron chi connectivity index (χ3n) is 5.15. The summed E-state index contributed by atoms with van der Waals surface area (Å²) in [6, 6.07) is 28.2. The lowest BCUT2D eigenvalue weighted by atomic mass is 9.85. The van der Waals surface area contributed by atoms with Crippen LogP contribution in [-0.4, -0.2) is 6.17 Å². The summed E-state index contributed by atoms with van der Waals surface area (Å²) < 4.78 is 0. The molecule has 2 nitrogen and oxygen atoms in total. The minimum absolute atomic E-state index is 0.0887. The summed E-state index contributed by atoms with van der Waals surface area (Å²) in [5.41, 5.74) is 6.50. The highest BCUT2D eigenvalue weighted by Crippen LogP contribution is 2.49. The highest BCUT2D eigenvalue weighted by atomic mass is 15.4. The molecule has 132 valence electrons. The molecule has 0 saturated heterocycles. The van der Waals surface area contributed by atoms with Gasteiger partial charge in [-0.05, 0) is 48.2 Å². The molecule has 4 rings (SSSR count). The Morgan fingerprint density at radius 3 is 1.73 bits per heavy atom. The van der Waals surface area contributed by atoms with Gasteiger partial charge in [-0.25, -0.2) is 0 Å². The SMILES string of the molecule is CC1N(c2ccccc2)c2ccccc2N1c1ccccc1C(C)(C)C. The van der Waals surface area contributed by atoms with Gasteiger partial charge in [0.25, 0.3) is 0 Å². The summed E-state index contributed by atoms with van der Waals surface area (Å²) in [7, 11) is 0. The predicted molar refractivity (Wildman–Crippen MR) is 112 cm³/mol. The van der Waals surface area contributed by atoms with Crippen LogP contribution in [0.1, 0.15) is 33.3 Å². The number of rotatable bonds is 2. The highest BCUT2D eigenvalue weighted by molar-refractivity contribution is 5.88. The standard InChI is InChI=1S/C24H26N2/c1-18-25(19-12-6-5-7-13-19)22-16-10-11-17-23(22)26(18)21-15-9-8-14-20(21)24(2,3)4/h5-18H,1-4H3. The van der Waals surface area contributed by atoms with Gasteiger partial charge in [-0.1, -0.05) is 69.3 Å². The zero-order valence-corrected chi connectivity index (χ0v) is 16.0. The molecule has 0 radical (unpaired) electrons. The highest BCUT2D eigenvalue weighted by Gasteiger charge is 2.36. The first-order valence-electron chi connectivity index (χ1n) is 9.30. The van der Waals surface area contributed by atoms with E-state index in [9.17, 15) is 0 Å². The van der Waals surface area contributed by atoms with E-state index in [0.717, 1.165) is 0 Å². The van der Waals surface area contributed by atoms with E-state index >= 15 is 0 Å². The van der Waals surface area contributed by atoms with E-state index in [1.807, 2.05) is 0 Å². The Balaban J connectivity index is 1.90. The zero-order chi connectivity index (χ0) is 18.3. The van der Waals surface area contributed by atoms with Crippen molar-refractivity contribution in [3.8, 4) is 0 Å². The van der Waals surface area contributed by atoms with E-state index in [-0.39, 0.29) is 11.6 Å². The first-order valence-corrected chi connectivity index (χ1v) is 9.30. The molecule has 0 fully saturated rings. The molecule has 1 aliphatic heterocycles. The molecule has 26 heavy (non-hydrogen) atoms. The Labute approximate surface area is 156 Å². The molecule has 0 amide bonds. The molecule has 1 unspecified atom stereocenters. The summed E-state index contributed by atoms with van der Waals surface area (Å²) in [5, 5.41) is 0. The van der Waals surface area contributed by atoms with Gasteiger partial charge < -0.3 is 9.80 Å². The van der Waals surface area contributed by atoms with Crippen LogP contribution in [0.3, 0.4) is 0 Å². The van der Waals surface area contributed by atoms with Crippen LogP contribution >= 0.6 is 0 Å². The lowest BCUT2D eigenvalue weighted by Crippen LogP contribution is -2.36. The quantitative estimate of drug-likeness (QED) is 0.516. The van der Waals surface area contributed by atoms with E-state index in [1.165, 1.54) is 28.3 Å². The van der Waals surface area contributed by atoms with Crippen molar-refractivity contribution in [1.82, 2.24) is 0 Å². The molecule has 0 aromatic heterocycles. The maximum absolute atomic E-state index is 2.48. The van der Waals surface area contributed by atoms with Crippen LogP contribution in [0.15, 0.2) is 78.9 Å². The van der Waals surface area contributed by atoms with Gasteiger partial charge in [0.1, 0.15) is 6.17 Å². The second-order valence-corrected chi connectivity index (χ2v) is 7.96. The van der Waals surface area contributed by atoms with Crippen LogP contribution < -0.4 is 9.80 Å². The minimum Gasteiger partial charge on any atom is -0.319 e. The first kappa shape index (κ1) is 16.7. The summed E-state index contributed by atoms with van der Waals surface area (Å²) in [6.07, 6.45) is 0.207. The number of fused-ring (bicyclic) bond motifs is 1. The molecule has 0 spiro atoms. The van der Waals surface area contributed by atoms with Crippen LogP contribution in [0.5, 0.6) is 0 Å². The lowest BCUT2D eigenvalue weighted by Gasteiger charge is -2.34. The van der Waals surface area contributed by atoms with Crippen LogP contribution in [0.25, 0.3) is 0 Å². The Hall–Kier alpha value is -2.74. The van der Waals surface area contributed by atoms with Crippen molar-refractivity contribution in [3.63, 3.8) is 0 Å². The van der Waals surface area contributed by atoms with Gasteiger partial charge in [0, 0.05) is 11.4 Å². The minimum atomic E-state index is 0.0887. The van der Waals surface area contributed by atoms with Gasteiger partial charge in [-0.2, -0.15) is 0 Å². The summed E-state index contributed by atoms with van der Waals surface area (Å²) in [5.74, 6) is 0. The maximum atomic E-state index is 2.48. The Kier molecular flexibility index (Phi) is 3.99. The predicted octanol–water partition coefficient (Wildman–Crippen LogP) is 6.62. The topological polar surface area (TPSA) is 6.48 Å². The number of hydrogen-bond acceptors (Lipinski definition) is 2. The normalized spacial score (nSPS) is 16.7. The maximum Gasteiger partial charge on any atom is 0.108 e. The van der Waals surface area contributed by atoms with Crippen molar-refractivity contribution < 1.29 is 0 Å². The monoisotopic (exact) mass is 342 g/mol. The van der Waals surface area contributed by atoms with Gasteiger partial charge in [0.2, 0.25) is 0 Å². The number of benzene rings is 3. The molecule has 0 bridgehead atoms. The molecule has 1 atom stereocenters. The van der Waals surface area contributed by atoms with Gasteiger partial charge in [-0.3, -0.25) is 0 Å². The lowest BCUT2D eigenvalue weighted by molar-refractivity contribution is 0.587. The molecule has 3 aromatic rings. The Bertz CT molecular complexity index is 909. The van der Waals surface area contributed by atoms with Crippen LogP contribution in [0, 0.1) is 0 Å². The van der Waals surface area contributed by atoms with Crippen molar-refractivity contribution in [3.05, 3.63) is 84.4 Å². The summed E-state index contributed by atoms with van der Waals surface area (Å²) in [6.45, 7) is 9.14. The smallest absolute Gasteiger partial charge is 0.108 e. The van der Waals surface area contributed by atoms with Crippen molar-refractivity contribution in [1.29, 1.82) is 0 Å². The zero-order valence-electron chi connectivity index (χ0n) is 16.0. The average Bonchev–Trinajstić information content (AvgIpc) is 2.93. The summed E-state index contributed by atoms with van der Waals surface area (Å²) >= 11 is 0. The summed E-state index contributed by atoms with van der Waals surface area (Å²) in [4.78, 5) is 4.90.